The Hall–Kier alpha value is -3.48. The molecule has 2 aromatic heterocycles. The number of aryl methyl sites for hydroxylation is 1. The number of aromatic nitrogens is 2. The number of pyridine rings is 1. The van der Waals surface area contributed by atoms with Gasteiger partial charge in [0.15, 0.2) is 0 Å². The number of amides is 2. The molecule has 2 amide bonds. The minimum absolute atomic E-state index is 0.0631. The quantitative estimate of drug-likeness (QED) is 0.642. The number of hydrogen-bond donors (Lipinski definition) is 1. The van der Waals surface area contributed by atoms with Crippen molar-refractivity contribution in [1.82, 2.24) is 20.4 Å². The second-order valence-corrected chi connectivity index (χ2v) is 8.41. The topological polar surface area (TPSA) is 88.3 Å². The molecule has 0 radical (unpaired) electrons. The van der Waals surface area contributed by atoms with Crippen LogP contribution in [0.1, 0.15) is 41.6 Å². The van der Waals surface area contributed by atoms with Crippen LogP contribution in [0.15, 0.2) is 59.3 Å². The van der Waals surface area contributed by atoms with Gasteiger partial charge in [0.25, 0.3) is 5.91 Å². The third-order valence-corrected chi connectivity index (χ3v) is 5.99. The fourth-order valence-electron chi connectivity index (χ4n) is 4.30. The molecule has 3 aromatic rings. The maximum atomic E-state index is 13.2. The fourth-order valence-corrected chi connectivity index (χ4v) is 4.30. The highest BCUT2D eigenvalue weighted by Crippen LogP contribution is 2.35. The molecule has 1 aliphatic heterocycles. The summed E-state index contributed by atoms with van der Waals surface area (Å²) >= 11 is 0. The monoisotopic (exact) mass is 432 g/mol. The van der Waals surface area contributed by atoms with Gasteiger partial charge in [0.2, 0.25) is 5.91 Å². The number of carbonyl (C=O) groups excluding carboxylic acids is 2. The standard InChI is InChI=1S/C25H28N4O3/c1-3-26-24(31)25(12-6-14-29(17-25)23(30)21-7-4-5-13-27-21)16-20-15-22(28-32-20)19-10-8-18(2)9-11-19/h4-5,7-11,13,15H,3,6,12,14,16-17H2,1-2H3,(H,26,31)/t25-/m1/s1. The first kappa shape index (κ1) is 21.7. The lowest BCUT2D eigenvalue weighted by Crippen LogP contribution is -2.54. The van der Waals surface area contributed by atoms with Crippen molar-refractivity contribution in [3.8, 4) is 11.3 Å². The fraction of sp³-hybridized carbons (Fsp3) is 0.360. The zero-order valence-corrected chi connectivity index (χ0v) is 18.5. The van der Waals surface area contributed by atoms with Crippen molar-refractivity contribution >= 4 is 11.8 Å². The molecule has 1 N–H and O–H groups in total. The van der Waals surface area contributed by atoms with E-state index in [1.807, 2.05) is 44.2 Å². The van der Waals surface area contributed by atoms with E-state index >= 15 is 0 Å². The number of hydrogen-bond acceptors (Lipinski definition) is 5. The lowest BCUT2D eigenvalue weighted by atomic mass is 9.75. The van der Waals surface area contributed by atoms with Crippen molar-refractivity contribution in [1.29, 1.82) is 0 Å². The van der Waals surface area contributed by atoms with Gasteiger partial charge in [-0.25, -0.2) is 0 Å². The average Bonchev–Trinajstić information content (AvgIpc) is 3.28. The number of nitrogens with zero attached hydrogens (tertiary/aromatic N) is 3. The van der Waals surface area contributed by atoms with Crippen LogP contribution in [0.4, 0.5) is 0 Å². The molecule has 3 heterocycles. The van der Waals surface area contributed by atoms with Gasteiger partial charge in [-0.2, -0.15) is 0 Å². The van der Waals surface area contributed by atoms with E-state index in [0.717, 1.165) is 17.7 Å². The van der Waals surface area contributed by atoms with Crippen LogP contribution in [0.25, 0.3) is 11.3 Å². The summed E-state index contributed by atoms with van der Waals surface area (Å²) in [6.07, 6.45) is 3.39. The Morgan fingerprint density at radius 1 is 1.19 bits per heavy atom. The molecule has 32 heavy (non-hydrogen) atoms. The normalized spacial score (nSPS) is 18.4. The number of rotatable bonds is 6. The molecule has 1 aliphatic rings. The van der Waals surface area contributed by atoms with Gasteiger partial charge in [-0.1, -0.05) is 41.1 Å². The van der Waals surface area contributed by atoms with Gasteiger partial charge >= 0.3 is 0 Å². The zero-order valence-electron chi connectivity index (χ0n) is 18.5. The molecule has 0 spiro atoms. The first-order chi connectivity index (χ1) is 15.5. The maximum Gasteiger partial charge on any atom is 0.272 e. The molecule has 1 saturated heterocycles. The van der Waals surface area contributed by atoms with Crippen LogP contribution in [0.2, 0.25) is 0 Å². The SMILES string of the molecule is CCNC(=O)[C@@]1(Cc2cc(-c3ccc(C)cc3)no2)CCCN(C(=O)c2ccccn2)C1. The van der Waals surface area contributed by atoms with E-state index in [4.69, 9.17) is 4.52 Å². The largest absolute Gasteiger partial charge is 0.361 e. The van der Waals surface area contributed by atoms with E-state index < -0.39 is 5.41 Å². The van der Waals surface area contributed by atoms with Gasteiger partial charge in [-0.3, -0.25) is 14.6 Å². The number of benzene rings is 1. The second kappa shape index (κ2) is 9.34. The van der Waals surface area contributed by atoms with Gasteiger partial charge in [-0.05, 0) is 38.8 Å². The Labute approximate surface area is 187 Å². The summed E-state index contributed by atoms with van der Waals surface area (Å²) in [4.78, 5) is 32.2. The lowest BCUT2D eigenvalue weighted by molar-refractivity contribution is -0.134. The summed E-state index contributed by atoms with van der Waals surface area (Å²) in [6, 6.07) is 15.2. The van der Waals surface area contributed by atoms with Crippen molar-refractivity contribution in [2.24, 2.45) is 5.41 Å². The summed E-state index contributed by atoms with van der Waals surface area (Å²) in [5, 5.41) is 7.19. The third-order valence-electron chi connectivity index (χ3n) is 5.99. The highest BCUT2D eigenvalue weighted by Gasteiger charge is 2.44. The van der Waals surface area contributed by atoms with Gasteiger partial charge in [0, 0.05) is 43.9 Å². The minimum Gasteiger partial charge on any atom is -0.361 e. The number of nitrogens with one attached hydrogen (secondary N) is 1. The van der Waals surface area contributed by atoms with Crippen LogP contribution in [-0.2, 0) is 11.2 Å². The first-order valence-corrected chi connectivity index (χ1v) is 11.0. The number of piperidine rings is 1. The molecule has 1 aromatic carbocycles. The Morgan fingerprint density at radius 3 is 2.72 bits per heavy atom. The molecule has 4 rings (SSSR count). The molecular weight excluding hydrogens is 404 g/mol. The number of likely N-dealkylation sites (tertiary alicyclic amines) is 1. The summed E-state index contributed by atoms with van der Waals surface area (Å²) in [7, 11) is 0. The Morgan fingerprint density at radius 2 is 2.00 bits per heavy atom. The summed E-state index contributed by atoms with van der Waals surface area (Å²) in [5.41, 5.74) is 2.49. The summed E-state index contributed by atoms with van der Waals surface area (Å²) < 4.78 is 5.64. The number of carbonyl (C=O) groups is 2. The van der Waals surface area contributed by atoms with Crippen LogP contribution in [0, 0.1) is 12.3 Å². The molecule has 166 valence electrons. The minimum atomic E-state index is -0.775. The third kappa shape index (κ3) is 4.56. The van der Waals surface area contributed by atoms with E-state index in [9.17, 15) is 9.59 Å². The molecule has 1 atom stereocenters. The maximum absolute atomic E-state index is 13.2. The van der Waals surface area contributed by atoms with Crippen LogP contribution in [0.5, 0.6) is 0 Å². The predicted octanol–water partition coefficient (Wildman–Crippen LogP) is 3.65. The second-order valence-electron chi connectivity index (χ2n) is 8.41. The predicted molar refractivity (Wildman–Crippen MR) is 121 cm³/mol. The highest BCUT2D eigenvalue weighted by molar-refractivity contribution is 5.93. The van der Waals surface area contributed by atoms with Crippen molar-refractivity contribution in [3.05, 3.63) is 71.7 Å². The average molecular weight is 433 g/mol. The van der Waals surface area contributed by atoms with Crippen LogP contribution >= 0.6 is 0 Å². The van der Waals surface area contributed by atoms with Gasteiger partial charge in [-0.15, -0.1) is 0 Å². The van der Waals surface area contributed by atoms with Crippen molar-refractivity contribution < 1.29 is 14.1 Å². The molecule has 7 heteroatoms. The Bertz CT molecular complexity index is 1080. The smallest absolute Gasteiger partial charge is 0.272 e. The molecular formula is C25H28N4O3. The van der Waals surface area contributed by atoms with Crippen molar-refractivity contribution in [2.45, 2.75) is 33.1 Å². The van der Waals surface area contributed by atoms with E-state index in [-0.39, 0.29) is 11.8 Å². The molecule has 0 saturated carbocycles. The summed E-state index contributed by atoms with van der Waals surface area (Å²) in [5.74, 6) is 0.419. The van der Waals surface area contributed by atoms with E-state index in [1.165, 1.54) is 5.56 Å². The van der Waals surface area contributed by atoms with Crippen LogP contribution in [0.3, 0.4) is 0 Å². The Balaban J connectivity index is 1.59. The van der Waals surface area contributed by atoms with Gasteiger partial charge in [0.05, 0.1) is 5.41 Å². The molecule has 0 bridgehead atoms. The van der Waals surface area contributed by atoms with Gasteiger partial charge in [0.1, 0.15) is 17.1 Å². The van der Waals surface area contributed by atoms with Gasteiger partial charge < -0.3 is 14.7 Å². The van der Waals surface area contributed by atoms with Crippen molar-refractivity contribution in [2.75, 3.05) is 19.6 Å². The first-order valence-electron chi connectivity index (χ1n) is 11.0. The van der Waals surface area contributed by atoms with E-state index in [1.54, 1.807) is 29.3 Å². The van der Waals surface area contributed by atoms with Crippen molar-refractivity contribution in [3.63, 3.8) is 0 Å². The molecule has 7 nitrogen and oxygen atoms in total. The molecule has 0 unspecified atom stereocenters. The highest BCUT2D eigenvalue weighted by atomic mass is 16.5. The zero-order chi connectivity index (χ0) is 22.6. The molecule has 1 fully saturated rings. The lowest BCUT2D eigenvalue weighted by Gasteiger charge is -2.41. The summed E-state index contributed by atoms with van der Waals surface area (Å²) in [6.45, 7) is 5.38. The van der Waals surface area contributed by atoms with Crippen LogP contribution < -0.4 is 5.32 Å². The Kier molecular flexibility index (Phi) is 6.35. The van der Waals surface area contributed by atoms with E-state index in [2.05, 4.69) is 15.5 Å². The van der Waals surface area contributed by atoms with E-state index in [0.29, 0.717) is 43.9 Å². The van der Waals surface area contributed by atoms with Crippen LogP contribution in [-0.4, -0.2) is 46.5 Å². The molecule has 0 aliphatic carbocycles.